The van der Waals surface area contributed by atoms with Crippen LogP contribution in [0.2, 0.25) is 0 Å². The molecule has 5 nitrogen and oxygen atoms in total. The molecule has 0 amide bonds. The van der Waals surface area contributed by atoms with Gasteiger partial charge in [-0.2, -0.15) is 9.62 Å². The van der Waals surface area contributed by atoms with Gasteiger partial charge in [0.25, 0.3) is 0 Å². The van der Waals surface area contributed by atoms with Crippen LogP contribution in [0.4, 0.5) is 11.4 Å². The summed E-state index contributed by atoms with van der Waals surface area (Å²) < 4.78 is 16.2. The fourth-order valence-electron chi connectivity index (χ4n) is 2.06. The number of nitriles is 1. The summed E-state index contributed by atoms with van der Waals surface area (Å²) >= 11 is 0. The van der Waals surface area contributed by atoms with Gasteiger partial charge in [-0.15, -0.1) is 0 Å². The highest BCUT2D eigenvalue weighted by Gasteiger charge is 2.28. The Morgan fingerprint density at radius 3 is 2.52 bits per heavy atom. The molecule has 1 aromatic carbocycles. The second kappa shape index (κ2) is 5.86. The van der Waals surface area contributed by atoms with Crippen LogP contribution in [0.1, 0.15) is 29.9 Å². The SMILES string of the molecule is CN(C)/C=N/c1cc(N=S(C)(C)=O)cc(C2CC2)c1C#N. The van der Waals surface area contributed by atoms with Gasteiger partial charge in [-0.05, 0) is 36.5 Å². The number of aliphatic imine (C=N–C) groups is 1. The van der Waals surface area contributed by atoms with Gasteiger partial charge in [-0.1, -0.05) is 0 Å². The number of hydrogen-bond donors (Lipinski definition) is 0. The van der Waals surface area contributed by atoms with E-state index in [1.54, 1.807) is 24.9 Å². The highest BCUT2D eigenvalue weighted by molar-refractivity contribution is 7.92. The molecule has 1 aliphatic carbocycles. The maximum Gasteiger partial charge on any atom is 0.102 e. The fraction of sp³-hybridized carbons (Fsp3) is 0.467. The predicted octanol–water partition coefficient (Wildman–Crippen LogP) is 3.02. The summed E-state index contributed by atoms with van der Waals surface area (Å²) in [5.41, 5.74) is 2.82. The quantitative estimate of drug-likeness (QED) is 0.634. The van der Waals surface area contributed by atoms with E-state index in [1.165, 1.54) is 0 Å². The standard InChI is InChI=1S/C15H20N4OS/c1-19(2)10-17-15-8-12(18-21(3,4)20)7-13(11-5-6-11)14(15)9-16/h7-8,10-11H,5-6H2,1-4H3/b17-10+. The first-order chi connectivity index (χ1) is 9.80. The molecule has 0 aromatic heterocycles. The van der Waals surface area contributed by atoms with E-state index in [2.05, 4.69) is 15.4 Å². The maximum atomic E-state index is 11.9. The molecule has 0 aliphatic heterocycles. The van der Waals surface area contributed by atoms with Crippen molar-refractivity contribution < 1.29 is 4.21 Å². The van der Waals surface area contributed by atoms with Crippen LogP contribution in [0.25, 0.3) is 0 Å². The van der Waals surface area contributed by atoms with Crippen molar-refractivity contribution in [3.8, 4) is 6.07 Å². The average molecular weight is 304 g/mol. The third-order valence-corrected chi connectivity index (χ3v) is 3.67. The lowest BCUT2D eigenvalue weighted by Crippen LogP contribution is -2.07. The van der Waals surface area contributed by atoms with Gasteiger partial charge in [-0.25, -0.2) is 9.20 Å². The van der Waals surface area contributed by atoms with Crippen molar-refractivity contribution in [1.29, 1.82) is 5.26 Å². The van der Waals surface area contributed by atoms with Gasteiger partial charge >= 0.3 is 0 Å². The highest BCUT2D eigenvalue weighted by atomic mass is 32.2. The Balaban J connectivity index is 2.61. The zero-order valence-corrected chi connectivity index (χ0v) is 13.6. The zero-order chi connectivity index (χ0) is 15.6. The highest BCUT2D eigenvalue weighted by Crippen LogP contribution is 2.45. The van der Waals surface area contributed by atoms with Crippen molar-refractivity contribution in [3.05, 3.63) is 23.3 Å². The van der Waals surface area contributed by atoms with Gasteiger partial charge in [0.05, 0.1) is 23.3 Å². The Bertz CT molecular complexity index is 725. The van der Waals surface area contributed by atoms with Gasteiger partial charge in [0, 0.05) is 36.3 Å². The minimum Gasteiger partial charge on any atom is -0.369 e. The molecule has 1 fully saturated rings. The summed E-state index contributed by atoms with van der Waals surface area (Å²) in [6.45, 7) is 0. The van der Waals surface area contributed by atoms with Crippen molar-refractivity contribution in [2.24, 2.45) is 9.36 Å². The number of benzene rings is 1. The first-order valence-corrected chi connectivity index (χ1v) is 9.09. The van der Waals surface area contributed by atoms with Gasteiger partial charge in [-0.3, -0.25) is 0 Å². The van der Waals surface area contributed by atoms with E-state index in [0.717, 1.165) is 18.4 Å². The van der Waals surface area contributed by atoms with Crippen molar-refractivity contribution >= 4 is 27.4 Å². The molecule has 2 rings (SSSR count). The van der Waals surface area contributed by atoms with E-state index >= 15 is 0 Å². The molecule has 1 saturated carbocycles. The van der Waals surface area contributed by atoms with E-state index in [0.29, 0.717) is 22.9 Å². The van der Waals surface area contributed by atoms with E-state index in [9.17, 15) is 9.47 Å². The summed E-state index contributed by atoms with van der Waals surface area (Å²) in [4.78, 5) is 6.17. The van der Waals surface area contributed by atoms with E-state index in [1.807, 2.05) is 25.1 Å². The molecule has 0 unspecified atom stereocenters. The molecule has 0 atom stereocenters. The molecule has 1 aromatic rings. The molecule has 6 heteroatoms. The normalized spacial score (nSPS) is 15.0. The number of rotatable bonds is 4. The van der Waals surface area contributed by atoms with Crippen LogP contribution >= 0.6 is 0 Å². The Morgan fingerprint density at radius 2 is 2.05 bits per heavy atom. The average Bonchev–Trinajstić information content (AvgIpc) is 3.17. The Morgan fingerprint density at radius 1 is 1.38 bits per heavy atom. The molecule has 112 valence electrons. The molecular formula is C15H20N4OS. The zero-order valence-electron chi connectivity index (χ0n) is 12.8. The van der Waals surface area contributed by atoms with Crippen LogP contribution in [0.5, 0.6) is 0 Å². The molecule has 0 heterocycles. The second-order valence-electron chi connectivity index (χ2n) is 5.80. The summed E-state index contributed by atoms with van der Waals surface area (Å²) in [6, 6.07) is 5.87. The summed E-state index contributed by atoms with van der Waals surface area (Å²) in [7, 11) is 1.51. The molecule has 0 radical (unpaired) electrons. The lowest BCUT2D eigenvalue weighted by atomic mass is 10.0. The third-order valence-electron chi connectivity index (χ3n) is 3.01. The molecule has 21 heavy (non-hydrogen) atoms. The van der Waals surface area contributed by atoms with Crippen molar-refractivity contribution in [1.82, 2.24) is 4.90 Å². The molecule has 0 bridgehead atoms. The van der Waals surface area contributed by atoms with Crippen molar-refractivity contribution in [2.45, 2.75) is 18.8 Å². The minimum absolute atomic E-state index is 0.410. The molecule has 1 aliphatic rings. The summed E-state index contributed by atoms with van der Waals surface area (Å²) in [5.74, 6) is 0.410. The molecule has 0 N–H and O–H groups in total. The Kier molecular flexibility index (Phi) is 4.33. The summed E-state index contributed by atoms with van der Waals surface area (Å²) in [5, 5.41) is 9.44. The van der Waals surface area contributed by atoms with Crippen LogP contribution in [0.3, 0.4) is 0 Å². The molecule has 0 saturated heterocycles. The fourth-order valence-corrected chi connectivity index (χ4v) is 2.67. The van der Waals surface area contributed by atoms with Crippen molar-refractivity contribution in [3.63, 3.8) is 0 Å². The predicted molar refractivity (Wildman–Crippen MR) is 87.0 cm³/mol. The van der Waals surface area contributed by atoms with Crippen LogP contribution in [0, 0.1) is 11.3 Å². The Hall–Kier alpha value is -1.87. The van der Waals surface area contributed by atoms with Crippen LogP contribution < -0.4 is 0 Å². The van der Waals surface area contributed by atoms with Crippen LogP contribution in [-0.4, -0.2) is 42.1 Å². The van der Waals surface area contributed by atoms with Gasteiger partial charge in [0.2, 0.25) is 0 Å². The van der Waals surface area contributed by atoms with Gasteiger partial charge in [0.1, 0.15) is 6.07 Å². The number of nitrogens with zero attached hydrogens (tertiary/aromatic N) is 4. The van der Waals surface area contributed by atoms with Crippen LogP contribution in [-0.2, 0) is 9.73 Å². The largest absolute Gasteiger partial charge is 0.369 e. The monoisotopic (exact) mass is 304 g/mol. The first kappa shape index (κ1) is 15.5. The second-order valence-corrected chi connectivity index (χ2v) is 8.34. The van der Waals surface area contributed by atoms with E-state index in [-0.39, 0.29) is 0 Å². The smallest absolute Gasteiger partial charge is 0.102 e. The summed E-state index contributed by atoms with van der Waals surface area (Å²) in [6.07, 6.45) is 7.03. The van der Waals surface area contributed by atoms with Gasteiger partial charge < -0.3 is 4.90 Å². The minimum atomic E-state index is -2.24. The van der Waals surface area contributed by atoms with Crippen molar-refractivity contribution in [2.75, 3.05) is 26.6 Å². The van der Waals surface area contributed by atoms with Crippen LogP contribution in [0.15, 0.2) is 21.5 Å². The topological polar surface area (TPSA) is 68.8 Å². The van der Waals surface area contributed by atoms with E-state index < -0.39 is 9.73 Å². The van der Waals surface area contributed by atoms with E-state index in [4.69, 9.17) is 0 Å². The lowest BCUT2D eigenvalue weighted by molar-refractivity contribution is 0.643. The number of hydrogen-bond acceptors (Lipinski definition) is 4. The third kappa shape index (κ3) is 4.30. The first-order valence-electron chi connectivity index (χ1n) is 6.76. The lowest BCUT2D eigenvalue weighted by Gasteiger charge is -2.09. The maximum absolute atomic E-state index is 11.9. The molecule has 0 spiro atoms. The van der Waals surface area contributed by atoms with Gasteiger partial charge in [0.15, 0.2) is 0 Å². The molecular weight excluding hydrogens is 284 g/mol. The Labute approximate surface area is 126 Å².